The van der Waals surface area contributed by atoms with Crippen molar-refractivity contribution in [1.29, 1.82) is 0 Å². The number of amides is 1. The van der Waals surface area contributed by atoms with Gasteiger partial charge in [-0.25, -0.2) is 4.57 Å². The fourth-order valence-corrected chi connectivity index (χ4v) is 1.79. The lowest BCUT2D eigenvalue weighted by Gasteiger charge is -2.03. The van der Waals surface area contributed by atoms with E-state index in [1.807, 2.05) is 36.0 Å². The zero-order chi connectivity index (χ0) is 13.7. The second-order valence-electron chi connectivity index (χ2n) is 4.42. The molecule has 0 aliphatic carbocycles. The minimum atomic E-state index is -0.00426. The van der Waals surface area contributed by atoms with Crippen LogP contribution in [0.2, 0.25) is 5.02 Å². The second-order valence-corrected chi connectivity index (χ2v) is 4.85. The minimum Gasteiger partial charge on any atom is -1.00 e. The fourth-order valence-electron chi connectivity index (χ4n) is 1.67. The third kappa shape index (κ3) is 5.31. The first-order chi connectivity index (χ1) is 9.13. The van der Waals surface area contributed by atoms with Crippen LogP contribution in [-0.4, -0.2) is 5.91 Å². The highest BCUT2D eigenvalue weighted by atomic mass is 79.9. The van der Waals surface area contributed by atoms with Crippen molar-refractivity contribution in [3.8, 4) is 0 Å². The lowest BCUT2D eigenvalue weighted by molar-refractivity contribution is -0.695. The topological polar surface area (TPSA) is 33.0 Å². The highest BCUT2D eigenvalue weighted by Crippen LogP contribution is 2.13. The molecule has 1 aromatic heterocycles. The van der Waals surface area contributed by atoms with Crippen molar-refractivity contribution in [2.24, 2.45) is 0 Å². The van der Waals surface area contributed by atoms with E-state index in [1.165, 1.54) is 5.56 Å². The number of halogens is 2. The van der Waals surface area contributed by atoms with Crippen molar-refractivity contribution in [3.63, 3.8) is 0 Å². The van der Waals surface area contributed by atoms with E-state index in [4.69, 9.17) is 11.6 Å². The van der Waals surface area contributed by atoms with Crippen LogP contribution in [0, 0.1) is 6.92 Å². The maximum Gasteiger partial charge on any atom is 0.230 e. The summed E-state index contributed by atoms with van der Waals surface area (Å²) in [5, 5.41) is 3.50. The highest BCUT2D eigenvalue weighted by Gasteiger charge is 2.06. The van der Waals surface area contributed by atoms with Gasteiger partial charge in [0.1, 0.15) is 0 Å². The van der Waals surface area contributed by atoms with Gasteiger partial charge in [0.05, 0.1) is 6.42 Å². The number of hydrogen-bond donors (Lipinski definition) is 1. The van der Waals surface area contributed by atoms with E-state index in [2.05, 4.69) is 5.32 Å². The number of anilines is 1. The van der Waals surface area contributed by atoms with Gasteiger partial charge in [-0.05, 0) is 36.8 Å². The summed E-state index contributed by atoms with van der Waals surface area (Å²) < 4.78 is 1.99. The smallest absolute Gasteiger partial charge is 0.230 e. The van der Waals surface area contributed by atoms with Gasteiger partial charge in [-0.2, -0.15) is 0 Å². The SMILES string of the molecule is Cc1cc[n+](CCC(=O)Nc2ccc(Cl)cc2)cc1.[Br-]. The summed E-state index contributed by atoms with van der Waals surface area (Å²) in [5.41, 5.74) is 1.98. The molecule has 0 aliphatic heterocycles. The number of pyridine rings is 1. The Kier molecular flexibility index (Phi) is 6.68. The summed E-state index contributed by atoms with van der Waals surface area (Å²) in [6.07, 6.45) is 4.40. The molecule has 0 aliphatic rings. The van der Waals surface area contributed by atoms with Gasteiger partial charge in [0.2, 0.25) is 5.91 Å². The van der Waals surface area contributed by atoms with Crippen LogP contribution in [0.3, 0.4) is 0 Å². The molecule has 0 radical (unpaired) electrons. The van der Waals surface area contributed by atoms with Crippen LogP contribution in [0.25, 0.3) is 0 Å². The number of rotatable bonds is 4. The summed E-state index contributed by atoms with van der Waals surface area (Å²) in [7, 11) is 0. The Hall–Kier alpha value is -1.39. The number of nitrogens with zero attached hydrogens (tertiary/aromatic N) is 1. The molecule has 1 N–H and O–H groups in total. The largest absolute Gasteiger partial charge is 1.00 e. The van der Waals surface area contributed by atoms with Gasteiger partial charge in [0.15, 0.2) is 18.9 Å². The first-order valence-electron chi connectivity index (χ1n) is 6.14. The molecule has 20 heavy (non-hydrogen) atoms. The summed E-state index contributed by atoms with van der Waals surface area (Å²) in [5.74, 6) is -0.00426. The van der Waals surface area contributed by atoms with E-state index in [1.54, 1.807) is 24.3 Å². The molecular formula is C15H16BrClN2O. The summed E-state index contributed by atoms with van der Waals surface area (Å²) in [4.78, 5) is 11.8. The molecule has 0 bridgehead atoms. The Balaban J connectivity index is 0.00000200. The van der Waals surface area contributed by atoms with E-state index in [-0.39, 0.29) is 22.9 Å². The van der Waals surface area contributed by atoms with Gasteiger partial charge in [0, 0.05) is 22.8 Å². The monoisotopic (exact) mass is 354 g/mol. The van der Waals surface area contributed by atoms with Crippen LogP contribution < -0.4 is 26.9 Å². The Bertz CT molecular complexity index is 555. The molecule has 1 amide bonds. The molecule has 2 rings (SSSR count). The van der Waals surface area contributed by atoms with E-state index < -0.39 is 0 Å². The molecule has 0 saturated heterocycles. The predicted molar refractivity (Wildman–Crippen MR) is 76.1 cm³/mol. The third-order valence-electron chi connectivity index (χ3n) is 2.78. The van der Waals surface area contributed by atoms with Crippen molar-refractivity contribution in [3.05, 3.63) is 59.4 Å². The standard InChI is InChI=1S/C15H15ClN2O.BrH/c1-12-6-9-18(10-7-12)11-8-15(19)17-14-4-2-13(16)3-5-14;/h2-7,9-10H,8,11H2,1H3;1H. The van der Waals surface area contributed by atoms with Gasteiger partial charge < -0.3 is 22.3 Å². The molecule has 1 aromatic carbocycles. The average molecular weight is 356 g/mol. The van der Waals surface area contributed by atoms with Gasteiger partial charge >= 0.3 is 0 Å². The van der Waals surface area contributed by atoms with Crippen molar-refractivity contribution in [2.45, 2.75) is 19.9 Å². The zero-order valence-corrected chi connectivity index (χ0v) is 13.5. The number of benzene rings is 1. The Morgan fingerprint density at radius 2 is 1.75 bits per heavy atom. The molecule has 3 nitrogen and oxygen atoms in total. The molecule has 106 valence electrons. The Morgan fingerprint density at radius 1 is 1.15 bits per heavy atom. The molecule has 1 heterocycles. The van der Waals surface area contributed by atoms with Crippen molar-refractivity contribution in [1.82, 2.24) is 0 Å². The number of carbonyl (C=O) groups is 1. The molecule has 0 saturated carbocycles. The van der Waals surface area contributed by atoms with Gasteiger partial charge in [-0.3, -0.25) is 4.79 Å². The van der Waals surface area contributed by atoms with Gasteiger partial charge in [-0.15, -0.1) is 0 Å². The number of carbonyl (C=O) groups excluding carboxylic acids is 1. The highest BCUT2D eigenvalue weighted by molar-refractivity contribution is 6.30. The van der Waals surface area contributed by atoms with E-state index in [0.717, 1.165) is 5.69 Å². The van der Waals surface area contributed by atoms with Crippen LogP contribution in [0.5, 0.6) is 0 Å². The number of aromatic nitrogens is 1. The molecule has 5 heteroatoms. The third-order valence-corrected chi connectivity index (χ3v) is 3.03. The Morgan fingerprint density at radius 3 is 2.35 bits per heavy atom. The minimum absolute atomic E-state index is 0. The van der Waals surface area contributed by atoms with Crippen molar-refractivity contribution < 1.29 is 26.3 Å². The first-order valence-corrected chi connectivity index (χ1v) is 6.52. The molecular weight excluding hydrogens is 340 g/mol. The lowest BCUT2D eigenvalue weighted by atomic mass is 10.3. The number of nitrogens with one attached hydrogen (secondary N) is 1. The number of aryl methyl sites for hydroxylation is 2. The summed E-state index contributed by atoms with van der Waals surface area (Å²) >= 11 is 5.79. The second kappa shape index (κ2) is 8.02. The number of hydrogen-bond acceptors (Lipinski definition) is 1. The first kappa shape index (κ1) is 16.7. The fraction of sp³-hybridized carbons (Fsp3) is 0.200. The predicted octanol–water partition coefficient (Wildman–Crippen LogP) is -0.0313. The van der Waals surface area contributed by atoms with Crippen LogP contribution >= 0.6 is 11.6 Å². The molecule has 0 fully saturated rings. The zero-order valence-electron chi connectivity index (χ0n) is 11.1. The van der Waals surface area contributed by atoms with Crippen molar-refractivity contribution in [2.75, 3.05) is 5.32 Å². The van der Waals surface area contributed by atoms with Crippen LogP contribution in [0.15, 0.2) is 48.8 Å². The lowest BCUT2D eigenvalue weighted by Crippen LogP contribution is -3.00. The quantitative estimate of drug-likeness (QED) is 0.768. The van der Waals surface area contributed by atoms with E-state index >= 15 is 0 Å². The molecule has 0 spiro atoms. The maximum atomic E-state index is 11.8. The van der Waals surface area contributed by atoms with E-state index in [9.17, 15) is 4.79 Å². The molecule has 0 unspecified atom stereocenters. The Labute approximate surface area is 134 Å². The van der Waals surface area contributed by atoms with Gasteiger partial charge in [0.25, 0.3) is 0 Å². The maximum absolute atomic E-state index is 11.8. The van der Waals surface area contributed by atoms with Crippen LogP contribution in [0.1, 0.15) is 12.0 Å². The molecule has 0 atom stereocenters. The van der Waals surface area contributed by atoms with Gasteiger partial charge in [-0.1, -0.05) is 11.6 Å². The van der Waals surface area contributed by atoms with E-state index in [0.29, 0.717) is 18.0 Å². The average Bonchev–Trinajstić information content (AvgIpc) is 2.41. The summed E-state index contributed by atoms with van der Waals surface area (Å²) in [6, 6.07) is 11.1. The van der Waals surface area contributed by atoms with Crippen molar-refractivity contribution >= 4 is 23.2 Å². The molecule has 2 aromatic rings. The summed E-state index contributed by atoms with van der Waals surface area (Å²) in [6.45, 7) is 2.71. The normalized spacial score (nSPS) is 9.70. The van der Waals surface area contributed by atoms with Crippen LogP contribution in [0.4, 0.5) is 5.69 Å². The van der Waals surface area contributed by atoms with Crippen LogP contribution in [-0.2, 0) is 11.3 Å².